The van der Waals surface area contributed by atoms with Crippen molar-refractivity contribution in [2.75, 3.05) is 59.4 Å². The Morgan fingerprint density at radius 3 is 0.915 bits per heavy atom. The van der Waals surface area contributed by atoms with Crippen molar-refractivity contribution in [1.29, 1.82) is 0 Å². The highest BCUT2D eigenvalue weighted by Crippen LogP contribution is 2.34. The molecule has 16 aromatic heterocycles. The first-order valence-corrected chi connectivity index (χ1v) is 47.2. The van der Waals surface area contributed by atoms with Gasteiger partial charge in [-0.25, -0.2) is 79.7 Å². The molecule has 5 N–H and O–H groups in total. The van der Waals surface area contributed by atoms with Gasteiger partial charge in [-0.15, -0.1) is 45.3 Å². The maximum atomic E-state index is 12.3. The highest BCUT2D eigenvalue weighted by molar-refractivity contribution is 7.14. The summed E-state index contributed by atoms with van der Waals surface area (Å²) in [6, 6.07) is 24.2. The van der Waals surface area contributed by atoms with Crippen LogP contribution in [0.25, 0.3) is 66.1 Å². The SMILES string of the molecule is CCc1ccnc(-n2cnc(CN3CCCC(c4nc(-c5cccs5)cc(=O)[nH]4)C3)c2)n1.CCc1cnc(-n2cnc(CN3CCCC(c4nc(-c5cccs5)cc(=O)[nH]4)C3)c2)nc1.CCc1cnc(-n2cnc(CN3CCCC(c4nc(-c5cccs5)cc(=O)[nH]4)C3)c2)nc1.CNCc1cnc(-n2cnc(CN3CCCC(c4nc(-c5cccs5)cc(=O)[nH]4)C3)c2)nc1. The predicted octanol–water partition coefficient (Wildman–Crippen LogP) is 12.8. The van der Waals surface area contributed by atoms with E-state index in [0.29, 0.717) is 23.8 Å². The second-order valence-electron chi connectivity index (χ2n) is 32.5. The first kappa shape index (κ1) is 88.3. The number of rotatable bonds is 25. The van der Waals surface area contributed by atoms with Gasteiger partial charge in [0.2, 0.25) is 23.8 Å². The van der Waals surface area contributed by atoms with Crippen LogP contribution in [0.3, 0.4) is 0 Å². The molecule has 4 fully saturated rings. The lowest BCUT2D eigenvalue weighted by molar-refractivity contribution is 0.194. The van der Waals surface area contributed by atoms with E-state index in [-0.39, 0.29) is 45.9 Å². The van der Waals surface area contributed by atoms with Crippen LogP contribution < -0.4 is 27.6 Å². The minimum Gasteiger partial charge on any atom is -0.316 e. The van der Waals surface area contributed by atoms with Crippen molar-refractivity contribution >= 4 is 45.3 Å². The number of piperidine rings is 4. The number of nitrogens with one attached hydrogen (secondary N) is 5. The number of thiophene rings is 4. The largest absolute Gasteiger partial charge is 0.316 e. The molecule has 4 atom stereocenters. The molecule has 20 rings (SSSR count). The fraction of sp³-hybridized carbons (Fsp3) is 0.348. The van der Waals surface area contributed by atoms with Gasteiger partial charge < -0.3 is 25.3 Å². The van der Waals surface area contributed by atoms with Gasteiger partial charge in [0.15, 0.2) is 0 Å². The maximum absolute atomic E-state index is 12.3. The molecule has 4 aliphatic rings. The lowest BCUT2D eigenvalue weighted by Gasteiger charge is -2.31. The summed E-state index contributed by atoms with van der Waals surface area (Å²) in [7, 11) is 1.90. The quantitative estimate of drug-likeness (QED) is 0.0355. The van der Waals surface area contributed by atoms with Crippen LogP contribution in [0.5, 0.6) is 0 Å². The number of aromatic amines is 4. The zero-order valence-electron chi connectivity index (χ0n) is 72.3. The van der Waals surface area contributed by atoms with Crippen LogP contribution in [0, 0.1) is 0 Å². The first-order valence-electron chi connectivity index (χ1n) is 43.7. The molecule has 4 aliphatic heterocycles. The number of hydrogen-bond acceptors (Lipinski definition) is 29. The molecule has 4 saturated heterocycles. The van der Waals surface area contributed by atoms with E-state index in [9.17, 15) is 19.2 Å². The Balaban J connectivity index is 0.000000121. The lowest BCUT2D eigenvalue weighted by Crippen LogP contribution is -2.35. The summed E-state index contributed by atoms with van der Waals surface area (Å²) in [6.07, 6.45) is 38.8. The van der Waals surface area contributed by atoms with E-state index in [4.69, 9.17) is 19.9 Å². The second-order valence-corrected chi connectivity index (χ2v) is 36.3. The fourth-order valence-corrected chi connectivity index (χ4v) is 19.3. The van der Waals surface area contributed by atoms with E-state index in [1.807, 2.05) is 163 Å². The molecule has 16 aromatic rings. The van der Waals surface area contributed by atoms with Crippen LogP contribution in [-0.2, 0) is 52.0 Å². The van der Waals surface area contributed by atoms with Crippen molar-refractivity contribution in [2.45, 2.75) is 148 Å². The number of hydrogen-bond donors (Lipinski definition) is 5. The Morgan fingerprint density at radius 1 is 0.349 bits per heavy atom. The second kappa shape index (κ2) is 42.5. The number of aromatic nitrogens is 24. The van der Waals surface area contributed by atoms with Crippen molar-refractivity contribution in [3.8, 4) is 66.1 Å². The van der Waals surface area contributed by atoms with Crippen LogP contribution in [-0.4, -0.2) is 197 Å². The summed E-state index contributed by atoms with van der Waals surface area (Å²) in [5, 5.41) is 11.1. The summed E-state index contributed by atoms with van der Waals surface area (Å²) >= 11 is 6.39. The van der Waals surface area contributed by atoms with Crippen LogP contribution in [0.1, 0.15) is 164 Å². The molecule has 0 aliphatic carbocycles. The predicted molar refractivity (Wildman–Crippen MR) is 499 cm³/mol. The van der Waals surface area contributed by atoms with E-state index in [1.54, 1.807) is 101 Å². The van der Waals surface area contributed by atoms with E-state index >= 15 is 0 Å². The Bertz CT molecular complexity index is 6330. The molecule has 0 bridgehead atoms. The normalized spacial score (nSPS) is 16.9. The van der Waals surface area contributed by atoms with Crippen LogP contribution in [0.2, 0.25) is 0 Å². The summed E-state index contributed by atoms with van der Waals surface area (Å²) < 4.78 is 7.45. The van der Waals surface area contributed by atoms with Gasteiger partial charge in [-0.3, -0.25) is 57.0 Å². The molecule has 33 nitrogen and oxygen atoms in total. The lowest BCUT2D eigenvalue weighted by atomic mass is 9.97. The summed E-state index contributed by atoms with van der Waals surface area (Å²) in [4.78, 5) is 147. The topological polar surface area (TPSA) is 382 Å². The molecular weight excluding hydrogens is 1700 g/mol. The molecule has 129 heavy (non-hydrogen) atoms. The van der Waals surface area contributed by atoms with Gasteiger partial charge in [-0.2, -0.15) is 0 Å². The Hall–Kier alpha value is -12.7. The van der Waals surface area contributed by atoms with Gasteiger partial charge in [-0.1, -0.05) is 45.0 Å². The third-order valence-electron chi connectivity index (χ3n) is 23.0. The number of likely N-dealkylation sites (tertiary alicyclic amines) is 4. The number of H-pyrrole nitrogens is 4. The Kier molecular flexibility index (Phi) is 29.1. The van der Waals surface area contributed by atoms with E-state index < -0.39 is 0 Å². The third-order valence-corrected chi connectivity index (χ3v) is 26.6. The van der Waals surface area contributed by atoms with Gasteiger partial charge in [0.05, 0.1) is 65.1 Å². The number of nitrogens with zero attached hydrogens (tertiary/aromatic N) is 24. The number of aryl methyl sites for hydroxylation is 3. The minimum absolute atomic E-state index is 0.0939. The summed E-state index contributed by atoms with van der Waals surface area (Å²) in [5.41, 5.74) is 10.8. The van der Waals surface area contributed by atoms with Crippen LogP contribution in [0.4, 0.5) is 0 Å². The molecule has 0 saturated carbocycles. The highest BCUT2D eigenvalue weighted by Gasteiger charge is 2.30. The van der Waals surface area contributed by atoms with Gasteiger partial charge in [0.25, 0.3) is 22.2 Å². The smallest absolute Gasteiger partial charge is 0.251 e. The van der Waals surface area contributed by atoms with Crippen LogP contribution >= 0.6 is 45.3 Å². The fourth-order valence-electron chi connectivity index (χ4n) is 16.5. The average molecular weight is 1810 g/mol. The van der Waals surface area contributed by atoms with Gasteiger partial charge in [0, 0.05) is 186 Å². The molecule has 0 amide bonds. The van der Waals surface area contributed by atoms with Gasteiger partial charge in [-0.05, 0) is 167 Å². The average Bonchev–Trinajstić information content (AvgIpc) is 1.44. The molecular formula is C92H101N29O4S4. The Labute approximate surface area is 760 Å². The summed E-state index contributed by atoms with van der Waals surface area (Å²) in [6.45, 7) is 17.3. The van der Waals surface area contributed by atoms with E-state index in [2.05, 4.69) is 125 Å². The Morgan fingerprint density at radius 2 is 0.643 bits per heavy atom. The molecule has 20 heterocycles. The molecule has 0 radical (unpaired) electrons. The van der Waals surface area contributed by atoms with E-state index in [0.717, 1.165) is 266 Å². The van der Waals surface area contributed by atoms with Gasteiger partial charge in [0.1, 0.15) is 48.6 Å². The first-order chi connectivity index (χ1) is 63.2. The molecule has 4 unspecified atom stereocenters. The minimum atomic E-state index is -0.0972. The van der Waals surface area contributed by atoms with E-state index in [1.165, 1.54) is 0 Å². The zero-order valence-corrected chi connectivity index (χ0v) is 75.5. The standard InChI is InChI=1S/C23H26N8OS.3C23H25N7OS/c1-24-9-16-10-25-23(26-11-16)31-14-18(27-15-31)13-30-6-2-4-17(12-30)22-28-19(8-21(32)29-22)20-5-3-7-33-20;1-2-17-7-8-24-23(26-17)30-14-18(25-15-30)13-29-9-3-5-16(12-29)22-27-19(11-21(31)28-22)20-6-4-10-32-20;2*1-2-16-10-24-23(25-11-16)30-14-18(26-15-30)13-29-7-3-5-17(12-29)22-27-19(9-21(31)28-22)20-6-4-8-32-20/h3,5,7-8,10-11,14-15,17,24H,2,4,6,9,12-13H2,1H3,(H,28,29,32);4,6-8,10-11,14-16H,2-3,5,9,12-13H2,1H3,(H,27,28,31);2*4,6,8-11,14-15,17H,2-3,5,7,12-13H2,1H3,(H,27,28,31). The molecule has 37 heteroatoms. The van der Waals surface area contributed by atoms with Crippen molar-refractivity contribution in [3.63, 3.8) is 0 Å². The van der Waals surface area contributed by atoms with Crippen molar-refractivity contribution in [1.82, 2.24) is 143 Å². The highest BCUT2D eigenvalue weighted by atomic mass is 32.1. The molecule has 662 valence electrons. The summed E-state index contributed by atoms with van der Waals surface area (Å²) in [5.74, 6) is 6.41. The van der Waals surface area contributed by atoms with Crippen molar-refractivity contribution in [3.05, 3.63) is 304 Å². The molecule has 0 spiro atoms. The number of imidazole rings is 4. The zero-order chi connectivity index (χ0) is 88.4. The molecule has 0 aromatic carbocycles. The monoisotopic (exact) mass is 1800 g/mol. The third kappa shape index (κ3) is 23.2. The maximum Gasteiger partial charge on any atom is 0.251 e. The van der Waals surface area contributed by atoms with Crippen LogP contribution in [0.15, 0.2) is 213 Å². The van der Waals surface area contributed by atoms with Crippen molar-refractivity contribution in [2.24, 2.45) is 0 Å². The van der Waals surface area contributed by atoms with Gasteiger partial charge >= 0.3 is 0 Å². The van der Waals surface area contributed by atoms with Crippen molar-refractivity contribution < 1.29 is 0 Å².